The molecule has 0 radical (unpaired) electrons. The van der Waals surface area contributed by atoms with Gasteiger partial charge in [-0.1, -0.05) is 60.7 Å². The smallest absolute Gasteiger partial charge is 0.337 e. The molecule has 0 heterocycles. The minimum absolute atomic E-state index is 0.350. The number of hydrogen-bond acceptors (Lipinski definition) is 4. The fraction of sp³-hybridized carbons (Fsp3) is 0.0870. The minimum Gasteiger partial charge on any atom is -0.465 e. The van der Waals surface area contributed by atoms with Gasteiger partial charge in [0, 0.05) is 5.69 Å². The summed E-state index contributed by atoms with van der Waals surface area (Å²) < 4.78 is 4.63. The molecule has 2 amide bonds. The van der Waals surface area contributed by atoms with Crippen molar-refractivity contribution in [3.63, 3.8) is 0 Å². The van der Waals surface area contributed by atoms with Crippen LogP contribution in [0.15, 0.2) is 84.9 Å². The Labute approximate surface area is 168 Å². The van der Waals surface area contributed by atoms with Crippen molar-refractivity contribution in [3.05, 3.63) is 102 Å². The van der Waals surface area contributed by atoms with Gasteiger partial charge in [-0.15, -0.1) is 0 Å². The molecule has 29 heavy (non-hydrogen) atoms. The van der Waals surface area contributed by atoms with E-state index >= 15 is 0 Å². The van der Waals surface area contributed by atoms with Crippen LogP contribution < -0.4 is 10.6 Å². The van der Waals surface area contributed by atoms with Crippen molar-refractivity contribution in [3.8, 4) is 0 Å². The highest BCUT2D eigenvalue weighted by molar-refractivity contribution is 6.39. The van der Waals surface area contributed by atoms with E-state index in [4.69, 9.17) is 0 Å². The average molecular weight is 388 g/mol. The number of rotatable bonds is 5. The van der Waals surface area contributed by atoms with Gasteiger partial charge in [-0.2, -0.15) is 0 Å². The van der Waals surface area contributed by atoms with Gasteiger partial charge in [0.15, 0.2) is 0 Å². The number of nitrogens with one attached hydrogen (secondary N) is 2. The van der Waals surface area contributed by atoms with Crippen molar-refractivity contribution >= 4 is 23.5 Å². The Morgan fingerprint density at radius 2 is 1.24 bits per heavy atom. The van der Waals surface area contributed by atoms with Gasteiger partial charge >= 0.3 is 17.8 Å². The normalized spacial score (nSPS) is 10.3. The zero-order valence-corrected chi connectivity index (χ0v) is 15.8. The number of esters is 1. The summed E-state index contributed by atoms with van der Waals surface area (Å²) in [6, 6.07) is 24.5. The summed E-state index contributed by atoms with van der Waals surface area (Å²) in [5, 5.41) is 5.31. The molecule has 0 saturated heterocycles. The molecule has 3 rings (SSSR count). The number of ether oxygens (including phenoxy) is 1. The van der Waals surface area contributed by atoms with Gasteiger partial charge in [0.25, 0.3) is 0 Å². The van der Waals surface area contributed by atoms with E-state index in [1.54, 1.807) is 0 Å². The van der Waals surface area contributed by atoms with Gasteiger partial charge in [0.2, 0.25) is 0 Å². The van der Waals surface area contributed by atoms with Gasteiger partial charge in [0.1, 0.15) is 0 Å². The molecule has 2 N–H and O–H groups in total. The quantitative estimate of drug-likeness (QED) is 0.519. The van der Waals surface area contributed by atoms with Crippen molar-refractivity contribution < 1.29 is 19.1 Å². The van der Waals surface area contributed by atoms with E-state index in [0.29, 0.717) is 11.3 Å². The Kier molecular flexibility index (Phi) is 6.37. The number of hydrogen-bond donors (Lipinski definition) is 2. The van der Waals surface area contributed by atoms with Crippen LogP contribution in [0.1, 0.15) is 27.5 Å². The van der Waals surface area contributed by atoms with E-state index in [0.717, 1.165) is 11.1 Å². The number of carbonyl (C=O) groups is 3. The van der Waals surface area contributed by atoms with Crippen molar-refractivity contribution in [1.29, 1.82) is 0 Å². The number of benzene rings is 3. The first-order chi connectivity index (χ1) is 14.1. The average Bonchev–Trinajstić information content (AvgIpc) is 2.78. The van der Waals surface area contributed by atoms with Crippen molar-refractivity contribution in [1.82, 2.24) is 5.32 Å². The molecule has 6 heteroatoms. The van der Waals surface area contributed by atoms with Crippen LogP contribution in [0.2, 0.25) is 0 Å². The lowest BCUT2D eigenvalue weighted by Gasteiger charge is -2.19. The minimum atomic E-state index is -0.798. The zero-order valence-electron chi connectivity index (χ0n) is 15.8. The Balaban J connectivity index is 1.72. The van der Waals surface area contributed by atoms with E-state index in [9.17, 15) is 14.4 Å². The maximum Gasteiger partial charge on any atom is 0.337 e. The molecular formula is C23H20N2O4. The third kappa shape index (κ3) is 5.07. The topological polar surface area (TPSA) is 84.5 Å². The summed E-state index contributed by atoms with van der Waals surface area (Å²) in [7, 11) is 1.29. The van der Waals surface area contributed by atoms with Crippen molar-refractivity contribution in [2.24, 2.45) is 0 Å². The fourth-order valence-electron chi connectivity index (χ4n) is 2.84. The van der Waals surface area contributed by atoms with E-state index in [1.165, 1.54) is 31.4 Å². The third-order valence-corrected chi connectivity index (χ3v) is 4.31. The van der Waals surface area contributed by atoms with Gasteiger partial charge < -0.3 is 15.4 Å². The first-order valence-electron chi connectivity index (χ1n) is 8.98. The maximum absolute atomic E-state index is 12.5. The van der Waals surface area contributed by atoms with Crippen LogP contribution in [-0.4, -0.2) is 24.9 Å². The lowest BCUT2D eigenvalue weighted by atomic mass is 9.99. The summed E-state index contributed by atoms with van der Waals surface area (Å²) in [4.78, 5) is 36.4. The van der Waals surface area contributed by atoms with Crippen molar-refractivity contribution in [2.75, 3.05) is 12.4 Å². The largest absolute Gasteiger partial charge is 0.465 e. The SMILES string of the molecule is COC(=O)c1ccc(NC(=O)C(=O)NC(c2ccccc2)c2ccccc2)cc1. The molecule has 0 saturated carbocycles. The highest BCUT2D eigenvalue weighted by Crippen LogP contribution is 2.21. The van der Waals surface area contributed by atoms with Crippen LogP contribution in [0.3, 0.4) is 0 Å². The standard InChI is InChI=1S/C23H20N2O4/c1-29-23(28)18-12-14-19(15-13-18)24-21(26)22(27)25-20(16-8-4-2-5-9-16)17-10-6-3-7-11-17/h2-15,20H,1H3,(H,24,26)(H,25,27). The highest BCUT2D eigenvalue weighted by Gasteiger charge is 2.21. The predicted octanol–water partition coefficient (Wildman–Crippen LogP) is 3.32. The van der Waals surface area contributed by atoms with Crippen LogP contribution in [0.5, 0.6) is 0 Å². The molecule has 0 atom stereocenters. The molecule has 3 aromatic carbocycles. The van der Waals surface area contributed by atoms with Crippen LogP contribution in [0.4, 0.5) is 5.69 Å². The number of amides is 2. The summed E-state index contributed by atoms with van der Waals surface area (Å²) in [5.41, 5.74) is 2.47. The summed E-state index contributed by atoms with van der Waals surface area (Å²) in [6.45, 7) is 0. The molecule has 0 fully saturated rings. The second-order valence-corrected chi connectivity index (χ2v) is 6.25. The Morgan fingerprint density at radius 3 is 1.72 bits per heavy atom. The van der Waals surface area contributed by atoms with Crippen LogP contribution in [0.25, 0.3) is 0 Å². The summed E-state index contributed by atoms with van der Waals surface area (Å²) in [6.07, 6.45) is 0. The molecule has 0 aromatic heterocycles. The van der Waals surface area contributed by atoms with E-state index in [2.05, 4.69) is 15.4 Å². The van der Waals surface area contributed by atoms with Gasteiger partial charge in [-0.25, -0.2) is 4.79 Å². The molecule has 0 aliphatic carbocycles. The Hall–Kier alpha value is -3.93. The Morgan fingerprint density at radius 1 is 0.724 bits per heavy atom. The van der Waals surface area contributed by atoms with E-state index in [1.807, 2.05) is 60.7 Å². The maximum atomic E-state index is 12.5. The third-order valence-electron chi connectivity index (χ3n) is 4.31. The molecule has 0 unspecified atom stereocenters. The molecule has 0 aliphatic heterocycles. The molecular weight excluding hydrogens is 368 g/mol. The van der Waals surface area contributed by atoms with Crippen molar-refractivity contribution in [2.45, 2.75) is 6.04 Å². The summed E-state index contributed by atoms with van der Waals surface area (Å²) in [5.74, 6) is -2.04. The van der Waals surface area contributed by atoms with Gasteiger partial charge in [0.05, 0.1) is 18.7 Å². The van der Waals surface area contributed by atoms with Gasteiger partial charge in [-0.05, 0) is 35.4 Å². The molecule has 6 nitrogen and oxygen atoms in total. The molecule has 0 aliphatic rings. The Bertz CT molecular complexity index is 947. The van der Waals surface area contributed by atoms with Crippen LogP contribution >= 0.6 is 0 Å². The molecule has 146 valence electrons. The fourth-order valence-corrected chi connectivity index (χ4v) is 2.84. The zero-order chi connectivity index (χ0) is 20.6. The number of methoxy groups -OCH3 is 1. The monoisotopic (exact) mass is 388 g/mol. The van der Waals surface area contributed by atoms with Crippen LogP contribution in [0, 0.1) is 0 Å². The lowest BCUT2D eigenvalue weighted by molar-refractivity contribution is -0.136. The first kappa shape index (κ1) is 19.8. The predicted molar refractivity (Wildman–Crippen MR) is 109 cm³/mol. The lowest BCUT2D eigenvalue weighted by Crippen LogP contribution is -2.38. The number of anilines is 1. The first-order valence-corrected chi connectivity index (χ1v) is 8.98. The van der Waals surface area contributed by atoms with E-state index < -0.39 is 23.8 Å². The van der Waals surface area contributed by atoms with Gasteiger partial charge in [-0.3, -0.25) is 9.59 Å². The summed E-state index contributed by atoms with van der Waals surface area (Å²) >= 11 is 0. The van der Waals surface area contributed by atoms with Crippen LogP contribution in [-0.2, 0) is 14.3 Å². The molecule has 0 spiro atoms. The highest BCUT2D eigenvalue weighted by atomic mass is 16.5. The van der Waals surface area contributed by atoms with E-state index in [-0.39, 0.29) is 0 Å². The number of carbonyl (C=O) groups excluding carboxylic acids is 3. The molecule has 3 aromatic rings. The second-order valence-electron chi connectivity index (χ2n) is 6.25. The molecule has 0 bridgehead atoms. The second kappa shape index (κ2) is 9.32.